The lowest BCUT2D eigenvalue weighted by molar-refractivity contribution is -0.121. The summed E-state index contributed by atoms with van der Waals surface area (Å²) in [6.07, 6.45) is 0.898. The molecule has 2 atom stereocenters. The van der Waals surface area contributed by atoms with Gasteiger partial charge < -0.3 is 4.74 Å². The van der Waals surface area contributed by atoms with E-state index in [-0.39, 0.29) is 16.5 Å². The van der Waals surface area contributed by atoms with Gasteiger partial charge >= 0.3 is 0 Å². The van der Waals surface area contributed by atoms with E-state index >= 15 is 0 Å². The summed E-state index contributed by atoms with van der Waals surface area (Å²) in [6, 6.07) is 0. The SMILES string of the molecule is C[C@@H](Br)C(=O)[C@@H]1CCOC1. The average molecular weight is 207 g/mol. The molecule has 0 spiro atoms. The Morgan fingerprint density at radius 1 is 1.80 bits per heavy atom. The highest BCUT2D eigenvalue weighted by Crippen LogP contribution is 2.17. The van der Waals surface area contributed by atoms with Crippen LogP contribution in [0, 0.1) is 5.92 Å². The largest absolute Gasteiger partial charge is 0.381 e. The summed E-state index contributed by atoms with van der Waals surface area (Å²) in [5.41, 5.74) is 0. The average Bonchev–Trinajstić information content (AvgIpc) is 2.36. The minimum Gasteiger partial charge on any atom is -0.381 e. The Bertz CT molecular complexity index is 128. The third-order valence-electron chi connectivity index (χ3n) is 1.72. The van der Waals surface area contributed by atoms with Crippen molar-refractivity contribution in [2.75, 3.05) is 13.2 Å². The summed E-state index contributed by atoms with van der Waals surface area (Å²) < 4.78 is 5.09. The molecule has 1 saturated heterocycles. The van der Waals surface area contributed by atoms with Gasteiger partial charge in [0.1, 0.15) is 0 Å². The molecule has 0 radical (unpaired) electrons. The fourth-order valence-corrected chi connectivity index (χ4v) is 1.46. The number of rotatable bonds is 2. The number of alkyl halides is 1. The minimum atomic E-state index is -0.0146. The van der Waals surface area contributed by atoms with E-state index in [0.29, 0.717) is 6.61 Å². The van der Waals surface area contributed by atoms with Crippen LogP contribution in [0.15, 0.2) is 0 Å². The molecule has 1 heterocycles. The van der Waals surface area contributed by atoms with Crippen molar-refractivity contribution < 1.29 is 9.53 Å². The number of hydrogen-bond donors (Lipinski definition) is 0. The maximum Gasteiger partial charge on any atom is 0.151 e. The first kappa shape index (κ1) is 8.21. The number of carbonyl (C=O) groups excluding carboxylic acids is 1. The normalized spacial score (nSPS) is 28.4. The first-order valence-electron chi connectivity index (χ1n) is 3.47. The Balaban J connectivity index is 2.40. The molecule has 0 amide bonds. The van der Waals surface area contributed by atoms with Crippen molar-refractivity contribution in [3.63, 3.8) is 0 Å². The molecule has 1 aliphatic heterocycles. The molecule has 1 aliphatic rings. The van der Waals surface area contributed by atoms with Gasteiger partial charge in [-0.05, 0) is 13.3 Å². The van der Waals surface area contributed by atoms with E-state index in [1.165, 1.54) is 0 Å². The van der Waals surface area contributed by atoms with Crippen LogP contribution in [-0.2, 0) is 9.53 Å². The lowest BCUT2D eigenvalue weighted by Gasteiger charge is -2.06. The Kier molecular flexibility index (Phi) is 2.86. The van der Waals surface area contributed by atoms with Crippen LogP contribution >= 0.6 is 15.9 Å². The molecule has 0 aromatic carbocycles. The standard InChI is InChI=1S/C7H11BrO2/c1-5(8)7(9)6-2-3-10-4-6/h5-6H,2-4H2,1H3/t5-,6-/m1/s1. The van der Waals surface area contributed by atoms with E-state index in [9.17, 15) is 4.79 Å². The molecule has 0 N–H and O–H groups in total. The maximum atomic E-state index is 11.2. The predicted octanol–water partition coefficient (Wildman–Crippen LogP) is 1.38. The number of ketones is 1. The summed E-state index contributed by atoms with van der Waals surface area (Å²) in [5.74, 6) is 0.423. The molecule has 0 saturated carbocycles. The van der Waals surface area contributed by atoms with Crippen LogP contribution in [-0.4, -0.2) is 23.8 Å². The molecule has 58 valence electrons. The van der Waals surface area contributed by atoms with Gasteiger partial charge in [0.2, 0.25) is 0 Å². The minimum absolute atomic E-state index is 0.0146. The highest BCUT2D eigenvalue weighted by molar-refractivity contribution is 9.10. The van der Waals surface area contributed by atoms with E-state index in [0.717, 1.165) is 13.0 Å². The second-order valence-corrected chi connectivity index (χ2v) is 3.95. The van der Waals surface area contributed by atoms with E-state index in [4.69, 9.17) is 4.74 Å². The van der Waals surface area contributed by atoms with Gasteiger partial charge in [-0.3, -0.25) is 4.79 Å². The Morgan fingerprint density at radius 3 is 2.90 bits per heavy atom. The highest BCUT2D eigenvalue weighted by Gasteiger charge is 2.25. The molecule has 0 aliphatic carbocycles. The van der Waals surface area contributed by atoms with Crippen molar-refractivity contribution in [3.8, 4) is 0 Å². The van der Waals surface area contributed by atoms with E-state index in [1.807, 2.05) is 6.92 Å². The number of hydrogen-bond acceptors (Lipinski definition) is 2. The van der Waals surface area contributed by atoms with Gasteiger partial charge in [-0.25, -0.2) is 0 Å². The lowest BCUT2D eigenvalue weighted by Crippen LogP contribution is -2.21. The van der Waals surface area contributed by atoms with Crippen molar-refractivity contribution in [2.45, 2.75) is 18.2 Å². The second kappa shape index (κ2) is 3.49. The van der Waals surface area contributed by atoms with Gasteiger partial charge in [0.25, 0.3) is 0 Å². The summed E-state index contributed by atoms with van der Waals surface area (Å²) in [6.45, 7) is 3.23. The smallest absolute Gasteiger partial charge is 0.151 e. The van der Waals surface area contributed by atoms with Crippen LogP contribution in [0.5, 0.6) is 0 Å². The summed E-state index contributed by atoms with van der Waals surface area (Å²) in [4.78, 5) is 11.2. The molecule has 10 heavy (non-hydrogen) atoms. The second-order valence-electron chi connectivity index (χ2n) is 2.58. The molecule has 0 unspecified atom stereocenters. The number of halogens is 1. The molecule has 1 fully saturated rings. The van der Waals surface area contributed by atoms with Gasteiger partial charge in [-0.15, -0.1) is 0 Å². The van der Waals surface area contributed by atoms with Crippen LogP contribution in [0.1, 0.15) is 13.3 Å². The topological polar surface area (TPSA) is 26.3 Å². The van der Waals surface area contributed by atoms with Gasteiger partial charge in [0.05, 0.1) is 11.4 Å². The highest BCUT2D eigenvalue weighted by atomic mass is 79.9. The summed E-state index contributed by atoms with van der Waals surface area (Å²) >= 11 is 3.24. The quantitative estimate of drug-likeness (QED) is 0.639. The summed E-state index contributed by atoms with van der Waals surface area (Å²) in [7, 11) is 0. The summed E-state index contributed by atoms with van der Waals surface area (Å²) in [5, 5.41) is 0. The van der Waals surface area contributed by atoms with Crippen molar-refractivity contribution in [1.82, 2.24) is 0 Å². The predicted molar refractivity (Wildman–Crippen MR) is 42.3 cm³/mol. The van der Waals surface area contributed by atoms with Crippen molar-refractivity contribution in [3.05, 3.63) is 0 Å². The molecule has 1 rings (SSSR count). The number of carbonyl (C=O) groups is 1. The fraction of sp³-hybridized carbons (Fsp3) is 0.857. The third-order valence-corrected chi connectivity index (χ3v) is 2.18. The van der Waals surface area contributed by atoms with E-state index in [1.54, 1.807) is 0 Å². The van der Waals surface area contributed by atoms with Crippen molar-refractivity contribution in [2.24, 2.45) is 5.92 Å². The van der Waals surface area contributed by atoms with Crippen molar-refractivity contribution in [1.29, 1.82) is 0 Å². The van der Waals surface area contributed by atoms with Crippen LogP contribution in [0.2, 0.25) is 0 Å². The number of ether oxygens (including phenoxy) is 1. The molecular formula is C7H11BrO2. The molecule has 0 bridgehead atoms. The lowest BCUT2D eigenvalue weighted by atomic mass is 10.0. The Hall–Kier alpha value is 0.110. The van der Waals surface area contributed by atoms with Crippen molar-refractivity contribution >= 4 is 21.7 Å². The zero-order valence-corrected chi connectivity index (χ0v) is 7.56. The van der Waals surface area contributed by atoms with Gasteiger partial charge in [-0.1, -0.05) is 15.9 Å². The first-order valence-corrected chi connectivity index (χ1v) is 4.39. The molecule has 0 aromatic rings. The monoisotopic (exact) mass is 206 g/mol. The molecule has 0 aromatic heterocycles. The van der Waals surface area contributed by atoms with Crippen LogP contribution in [0.25, 0.3) is 0 Å². The van der Waals surface area contributed by atoms with Crippen LogP contribution in [0.3, 0.4) is 0 Å². The van der Waals surface area contributed by atoms with Gasteiger partial charge in [0, 0.05) is 12.5 Å². The Labute approximate surface area is 69.1 Å². The van der Waals surface area contributed by atoms with Gasteiger partial charge in [0.15, 0.2) is 5.78 Å². The third kappa shape index (κ3) is 1.80. The van der Waals surface area contributed by atoms with E-state index < -0.39 is 0 Å². The Morgan fingerprint density at radius 2 is 2.50 bits per heavy atom. The maximum absolute atomic E-state index is 11.2. The van der Waals surface area contributed by atoms with E-state index in [2.05, 4.69) is 15.9 Å². The fourth-order valence-electron chi connectivity index (χ4n) is 1.08. The van der Waals surface area contributed by atoms with Crippen LogP contribution in [0.4, 0.5) is 0 Å². The number of Topliss-reactive ketones (excluding diaryl/α,β-unsaturated/α-hetero) is 1. The van der Waals surface area contributed by atoms with Gasteiger partial charge in [-0.2, -0.15) is 0 Å². The molecule has 3 heteroatoms. The first-order chi connectivity index (χ1) is 4.72. The zero-order chi connectivity index (χ0) is 7.56. The molecular weight excluding hydrogens is 196 g/mol. The molecule has 2 nitrogen and oxygen atoms in total. The van der Waals surface area contributed by atoms with Crippen LogP contribution < -0.4 is 0 Å². The zero-order valence-electron chi connectivity index (χ0n) is 5.97.